The molecule has 162 valence electrons. The number of benzene rings is 2. The molecule has 1 heterocycles. The van der Waals surface area contributed by atoms with Crippen molar-refractivity contribution in [2.45, 2.75) is 20.8 Å². The highest BCUT2D eigenvalue weighted by molar-refractivity contribution is 6.31. The number of ether oxygens (including phenoxy) is 2. The highest BCUT2D eigenvalue weighted by Gasteiger charge is 2.13. The van der Waals surface area contributed by atoms with Crippen LogP contribution in [0, 0.1) is 13.8 Å². The number of hydrogen-bond acceptors (Lipinski definition) is 5. The van der Waals surface area contributed by atoms with E-state index in [1.54, 1.807) is 47.1 Å². The third kappa shape index (κ3) is 5.35. The highest BCUT2D eigenvalue weighted by Crippen LogP contribution is 2.26. The monoisotopic (exact) mass is 442 g/mol. The van der Waals surface area contributed by atoms with Crippen LogP contribution >= 0.6 is 11.6 Å². The summed E-state index contributed by atoms with van der Waals surface area (Å²) in [7, 11) is 0. The number of carbonyl (C=O) groups excluding carboxylic acids is 2. The van der Waals surface area contributed by atoms with Crippen LogP contribution in [0.25, 0.3) is 5.69 Å². The number of rotatable bonds is 7. The van der Waals surface area contributed by atoms with Crippen molar-refractivity contribution in [1.29, 1.82) is 0 Å². The van der Waals surface area contributed by atoms with Gasteiger partial charge in [-0.05, 0) is 57.2 Å². The zero-order chi connectivity index (χ0) is 22.4. The van der Waals surface area contributed by atoms with E-state index in [9.17, 15) is 9.59 Å². The van der Waals surface area contributed by atoms with Crippen LogP contribution in [0.3, 0.4) is 0 Å². The summed E-state index contributed by atoms with van der Waals surface area (Å²) in [5, 5.41) is 4.99. The average Bonchev–Trinajstić information content (AvgIpc) is 3.04. The van der Waals surface area contributed by atoms with Crippen LogP contribution in [-0.4, -0.2) is 34.8 Å². The Hall–Kier alpha value is -3.52. The molecule has 0 atom stereocenters. The maximum atomic E-state index is 12.3. The van der Waals surface area contributed by atoms with Gasteiger partial charge in [-0.2, -0.15) is 5.10 Å². The number of aryl methyl sites for hydroxylation is 1. The van der Waals surface area contributed by atoms with Gasteiger partial charge in [0.05, 0.1) is 28.7 Å². The van der Waals surface area contributed by atoms with Crippen molar-refractivity contribution in [1.82, 2.24) is 20.6 Å². The van der Waals surface area contributed by atoms with Gasteiger partial charge >= 0.3 is 0 Å². The first-order valence-corrected chi connectivity index (χ1v) is 10.0. The summed E-state index contributed by atoms with van der Waals surface area (Å²) in [6.07, 6.45) is 0. The lowest BCUT2D eigenvalue weighted by molar-refractivity contribution is -0.123. The second-order valence-corrected chi connectivity index (χ2v) is 6.99. The van der Waals surface area contributed by atoms with Crippen LogP contribution in [0.1, 0.15) is 28.7 Å². The highest BCUT2D eigenvalue weighted by atomic mass is 35.5. The van der Waals surface area contributed by atoms with E-state index in [-0.39, 0.29) is 6.61 Å². The van der Waals surface area contributed by atoms with E-state index in [1.165, 1.54) is 0 Å². The van der Waals surface area contributed by atoms with Gasteiger partial charge in [0.15, 0.2) is 18.1 Å². The first-order valence-electron chi connectivity index (χ1n) is 9.66. The molecule has 0 fully saturated rings. The number of carbonyl (C=O) groups is 2. The largest absolute Gasteiger partial charge is 0.490 e. The van der Waals surface area contributed by atoms with Gasteiger partial charge in [-0.3, -0.25) is 20.4 Å². The molecule has 2 aromatic carbocycles. The Balaban J connectivity index is 1.53. The molecule has 1 aromatic heterocycles. The SMILES string of the molecule is CCOc1ccccc1OCC(=O)NNC(=O)c1ccc(-n2nc(C)c(Cl)c2C)cc1. The lowest BCUT2D eigenvalue weighted by Crippen LogP contribution is -2.43. The van der Waals surface area contributed by atoms with E-state index in [4.69, 9.17) is 21.1 Å². The van der Waals surface area contributed by atoms with E-state index < -0.39 is 11.8 Å². The van der Waals surface area contributed by atoms with Gasteiger partial charge in [0.25, 0.3) is 11.8 Å². The van der Waals surface area contributed by atoms with Crippen LogP contribution in [0.5, 0.6) is 11.5 Å². The Morgan fingerprint density at radius 1 is 1.00 bits per heavy atom. The number of halogens is 1. The molecular weight excluding hydrogens is 420 g/mol. The van der Waals surface area contributed by atoms with E-state index in [1.807, 2.05) is 26.8 Å². The van der Waals surface area contributed by atoms with Gasteiger partial charge in [0, 0.05) is 5.56 Å². The molecule has 3 rings (SSSR count). The first kappa shape index (κ1) is 22.2. The van der Waals surface area contributed by atoms with Crippen LogP contribution in [0.15, 0.2) is 48.5 Å². The van der Waals surface area contributed by atoms with Crippen molar-refractivity contribution in [3.8, 4) is 17.2 Å². The summed E-state index contributed by atoms with van der Waals surface area (Å²) < 4.78 is 12.6. The Kier molecular flexibility index (Phi) is 7.15. The van der Waals surface area contributed by atoms with E-state index >= 15 is 0 Å². The molecule has 3 aromatic rings. The number of nitrogens with zero attached hydrogens (tertiary/aromatic N) is 2. The van der Waals surface area contributed by atoms with Crippen molar-refractivity contribution < 1.29 is 19.1 Å². The number of hydrazine groups is 1. The van der Waals surface area contributed by atoms with Crippen LogP contribution < -0.4 is 20.3 Å². The van der Waals surface area contributed by atoms with Crippen LogP contribution in [-0.2, 0) is 4.79 Å². The number of para-hydroxylation sites is 2. The summed E-state index contributed by atoms with van der Waals surface area (Å²) in [5.41, 5.74) is 7.39. The number of hydrogen-bond donors (Lipinski definition) is 2. The smallest absolute Gasteiger partial charge is 0.276 e. The minimum absolute atomic E-state index is 0.276. The third-order valence-corrected chi connectivity index (χ3v) is 4.95. The number of aromatic nitrogens is 2. The van der Waals surface area contributed by atoms with Crippen molar-refractivity contribution in [2.75, 3.05) is 13.2 Å². The molecule has 0 aliphatic heterocycles. The molecule has 0 radical (unpaired) electrons. The Bertz CT molecular complexity index is 1080. The summed E-state index contributed by atoms with van der Waals surface area (Å²) in [6, 6.07) is 13.8. The van der Waals surface area contributed by atoms with E-state index in [0.29, 0.717) is 28.7 Å². The average molecular weight is 443 g/mol. The normalized spacial score (nSPS) is 10.5. The van der Waals surface area contributed by atoms with Crippen molar-refractivity contribution in [3.05, 3.63) is 70.5 Å². The van der Waals surface area contributed by atoms with E-state index in [2.05, 4.69) is 16.0 Å². The minimum atomic E-state index is -0.506. The molecule has 0 aliphatic rings. The summed E-state index contributed by atoms with van der Waals surface area (Å²) >= 11 is 6.19. The molecule has 2 N–H and O–H groups in total. The van der Waals surface area contributed by atoms with Gasteiger partial charge < -0.3 is 9.47 Å². The lowest BCUT2D eigenvalue weighted by Gasteiger charge is -2.12. The maximum Gasteiger partial charge on any atom is 0.276 e. The Morgan fingerprint density at radius 3 is 2.23 bits per heavy atom. The molecule has 31 heavy (non-hydrogen) atoms. The molecule has 0 saturated carbocycles. The zero-order valence-electron chi connectivity index (χ0n) is 17.4. The molecule has 8 nitrogen and oxygen atoms in total. The number of nitrogens with one attached hydrogen (secondary N) is 2. The second kappa shape index (κ2) is 9.99. The maximum absolute atomic E-state index is 12.3. The molecule has 2 amide bonds. The molecule has 0 aliphatic carbocycles. The van der Waals surface area contributed by atoms with Crippen molar-refractivity contribution in [3.63, 3.8) is 0 Å². The summed E-state index contributed by atoms with van der Waals surface area (Å²) in [5.74, 6) is 0.0334. The summed E-state index contributed by atoms with van der Waals surface area (Å²) in [6.45, 7) is 5.76. The topological polar surface area (TPSA) is 94.5 Å². The Morgan fingerprint density at radius 2 is 1.65 bits per heavy atom. The quantitative estimate of drug-likeness (QED) is 0.547. The lowest BCUT2D eigenvalue weighted by atomic mass is 10.2. The molecule has 0 spiro atoms. The van der Waals surface area contributed by atoms with Crippen LogP contribution in [0.4, 0.5) is 0 Å². The van der Waals surface area contributed by atoms with Gasteiger partial charge in [-0.25, -0.2) is 4.68 Å². The van der Waals surface area contributed by atoms with Crippen LogP contribution in [0.2, 0.25) is 5.02 Å². The molecule has 9 heteroatoms. The van der Waals surface area contributed by atoms with Gasteiger partial charge in [-0.1, -0.05) is 23.7 Å². The van der Waals surface area contributed by atoms with Gasteiger partial charge in [-0.15, -0.1) is 0 Å². The number of amides is 2. The third-order valence-electron chi connectivity index (χ3n) is 4.40. The van der Waals surface area contributed by atoms with Crippen molar-refractivity contribution in [2.24, 2.45) is 0 Å². The molecule has 0 saturated heterocycles. The second-order valence-electron chi connectivity index (χ2n) is 6.61. The standard InChI is InChI=1S/C22H23ClN4O4/c1-4-30-18-7-5-6-8-19(18)31-13-20(28)24-25-22(29)16-9-11-17(12-10-16)27-15(3)21(23)14(2)26-27/h5-12H,4,13H2,1-3H3,(H,24,28)(H,25,29). The van der Waals surface area contributed by atoms with E-state index in [0.717, 1.165) is 17.1 Å². The minimum Gasteiger partial charge on any atom is -0.490 e. The Labute approximate surface area is 185 Å². The fourth-order valence-electron chi connectivity index (χ4n) is 2.85. The van der Waals surface area contributed by atoms with Gasteiger partial charge in [0.2, 0.25) is 0 Å². The zero-order valence-corrected chi connectivity index (χ0v) is 18.2. The molecular formula is C22H23ClN4O4. The van der Waals surface area contributed by atoms with Crippen molar-refractivity contribution >= 4 is 23.4 Å². The summed E-state index contributed by atoms with van der Waals surface area (Å²) in [4.78, 5) is 24.3. The fourth-order valence-corrected chi connectivity index (χ4v) is 2.97. The predicted octanol–water partition coefficient (Wildman–Crippen LogP) is 3.38. The first-order chi connectivity index (χ1) is 14.9. The fraction of sp³-hybridized carbons (Fsp3) is 0.227. The molecule has 0 unspecified atom stereocenters. The molecule has 0 bridgehead atoms. The predicted molar refractivity (Wildman–Crippen MR) is 117 cm³/mol. The van der Waals surface area contributed by atoms with Gasteiger partial charge in [0.1, 0.15) is 0 Å².